The summed E-state index contributed by atoms with van der Waals surface area (Å²) in [6.45, 7) is 4.25. The average Bonchev–Trinajstić information content (AvgIpc) is 2.80. The Labute approximate surface area is 119 Å². The van der Waals surface area contributed by atoms with E-state index in [1.165, 1.54) is 11.1 Å². The van der Waals surface area contributed by atoms with Crippen LogP contribution in [0.25, 0.3) is 0 Å². The lowest BCUT2D eigenvalue weighted by Gasteiger charge is -2.22. The van der Waals surface area contributed by atoms with E-state index in [4.69, 9.17) is 5.73 Å². The van der Waals surface area contributed by atoms with Gasteiger partial charge in [-0.2, -0.15) is 5.10 Å². The van der Waals surface area contributed by atoms with Gasteiger partial charge >= 0.3 is 0 Å². The summed E-state index contributed by atoms with van der Waals surface area (Å²) in [5.41, 5.74) is 8.88. The number of thioether (sulfide) groups is 1. The van der Waals surface area contributed by atoms with Crippen molar-refractivity contribution < 1.29 is 0 Å². The normalized spacial score (nSPS) is 14.3. The third-order valence-corrected chi connectivity index (χ3v) is 4.53. The summed E-state index contributed by atoms with van der Waals surface area (Å²) in [7, 11) is 1.94. The van der Waals surface area contributed by atoms with Crippen LogP contribution in [0.2, 0.25) is 0 Å². The number of benzene rings is 1. The van der Waals surface area contributed by atoms with Crippen molar-refractivity contribution in [3.63, 3.8) is 0 Å². The molecule has 0 saturated carbocycles. The fourth-order valence-electron chi connectivity index (χ4n) is 2.07. The topological polar surface area (TPSA) is 43.8 Å². The Morgan fingerprint density at radius 2 is 2.21 bits per heavy atom. The molecule has 0 saturated heterocycles. The van der Waals surface area contributed by atoms with Crippen LogP contribution >= 0.6 is 11.8 Å². The van der Waals surface area contributed by atoms with E-state index in [1.54, 1.807) is 11.8 Å². The summed E-state index contributed by atoms with van der Waals surface area (Å²) in [4.78, 5) is 1.16. The van der Waals surface area contributed by atoms with Crippen molar-refractivity contribution in [2.24, 2.45) is 12.8 Å². The highest BCUT2D eigenvalue weighted by atomic mass is 32.2. The number of aryl methyl sites for hydroxylation is 2. The maximum atomic E-state index is 6.31. The molecule has 1 aromatic heterocycles. The van der Waals surface area contributed by atoms with E-state index in [0.29, 0.717) is 0 Å². The van der Waals surface area contributed by atoms with Crippen molar-refractivity contribution in [1.82, 2.24) is 9.78 Å². The molecule has 19 heavy (non-hydrogen) atoms. The highest BCUT2D eigenvalue weighted by Gasteiger charge is 2.20. The molecule has 0 fully saturated rings. The molecule has 0 spiro atoms. The van der Waals surface area contributed by atoms with E-state index < -0.39 is 0 Å². The van der Waals surface area contributed by atoms with Gasteiger partial charge < -0.3 is 5.73 Å². The Morgan fingerprint density at radius 3 is 2.79 bits per heavy atom. The van der Waals surface area contributed by atoms with Gasteiger partial charge in [-0.1, -0.05) is 36.8 Å². The van der Waals surface area contributed by atoms with Crippen molar-refractivity contribution in [2.45, 2.75) is 36.5 Å². The van der Waals surface area contributed by atoms with E-state index in [1.807, 2.05) is 24.1 Å². The Hall–Kier alpha value is -1.26. The van der Waals surface area contributed by atoms with E-state index in [0.717, 1.165) is 11.3 Å². The van der Waals surface area contributed by atoms with Gasteiger partial charge in [0.1, 0.15) is 0 Å². The zero-order valence-electron chi connectivity index (χ0n) is 11.7. The number of nitrogens with zero attached hydrogens (tertiary/aromatic N) is 2. The van der Waals surface area contributed by atoms with Gasteiger partial charge in [0.05, 0.1) is 6.20 Å². The molecule has 1 aromatic carbocycles. The van der Waals surface area contributed by atoms with Crippen molar-refractivity contribution >= 4 is 11.8 Å². The van der Waals surface area contributed by atoms with Crippen LogP contribution in [0.4, 0.5) is 0 Å². The number of aromatic nitrogens is 2. The predicted molar refractivity (Wildman–Crippen MR) is 81.3 cm³/mol. The minimum Gasteiger partial charge on any atom is -0.326 e. The Kier molecular flexibility index (Phi) is 4.66. The lowest BCUT2D eigenvalue weighted by molar-refractivity contribution is 0.634. The molecule has 0 aliphatic carbocycles. The van der Waals surface area contributed by atoms with Gasteiger partial charge in [0.15, 0.2) is 0 Å². The van der Waals surface area contributed by atoms with Crippen LogP contribution < -0.4 is 5.73 Å². The van der Waals surface area contributed by atoms with Gasteiger partial charge in [0.25, 0.3) is 0 Å². The van der Waals surface area contributed by atoms with E-state index in [9.17, 15) is 0 Å². The van der Waals surface area contributed by atoms with Gasteiger partial charge in [-0.3, -0.25) is 4.68 Å². The molecule has 3 nitrogen and oxygen atoms in total. The molecular formula is C15H21N3S. The molecule has 0 aliphatic rings. The quantitative estimate of drug-likeness (QED) is 0.851. The maximum Gasteiger partial charge on any atom is 0.0626 e. The molecule has 0 amide bonds. The molecule has 1 heterocycles. The maximum absolute atomic E-state index is 6.31. The first-order valence-electron chi connectivity index (χ1n) is 6.57. The highest BCUT2D eigenvalue weighted by molar-refractivity contribution is 7.99. The summed E-state index contributed by atoms with van der Waals surface area (Å²) >= 11 is 1.80. The van der Waals surface area contributed by atoms with Gasteiger partial charge in [0.2, 0.25) is 0 Å². The molecule has 0 aliphatic heterocycles. The first-order valence-corrected chi connectivity index (χ1v) is 7.45. The van der Waals surface area contributed by atoms with Crippen LogP contribution in [0.3, 0.4) is 0 Å². The number of rotatable bonds is 5. The molecule has 0 bridgehead atoms. The van der Waals surface area contributed by atoms with E-state index >= 15 is 0 Å². The third kappa shape index (κ3) is 3.61. The first-order chi connectivity index (χ1) is 9.10. The number of hydrogen-bond acceptors (Lipinski definition) is 3. The monoisotopic (exact) mass is 275 g/mol. The number of nitrogens with two attached hydrogens (primary N) is 1. The molecular weight excluding hydrogens is 254 g/mol. The lowest BCUT2D eigenvalue weighted by atomic mass is 10.0. The second-order valence-corrected chi connectivity index (χ2v) is 6.09. The van der Waals surface area contributed by atoms with Gasteiger partial charge in [-0.15, -0.1) is 11.8 Å². The predicted octanol–water partition coefficient (Wildman–Crippen LogP) is 3.30. The van der Waals surface area contributed by atoms with Crippen molar-refractivity contribution in [3.05, 3.63) is 47.8 Å². The van der Waals surface area contributed by atoms with Crippen LogP contribution in [0.15, 0.2) is 41.6 Å². The zero-order chi connectivity index (χ0) is 13.8. The summed E-state index contributed by atoms with van der Waals surface area (Å²) in [6.07, 6.45) is 4.90. The first kappa shape index (κ1) is 14.2. The fraction of sp³-hybridized carbons (Fsp3) is 0.400. The summed E-state index contributed by atoms with van der Waals surface area (Å²) in [5, 5.41) is 4.49. The minimum absolute atomic E-state index is 0.145. The molecule has 4 heteroatoms. The third-order valence-electron chi connectivity index (χ3n) is 3.18. The Bertz CT molecular complexity index is 536. The second-order valence-electron chi connectivity index (χ2n) is 4.87. The summed E-state index contributed by atoms with van der Waals surface area (Å²) in [5.74, 6) is 0. The molecule has 2 N–H and O–H groups in total. The van der Waals surface area contributed by atoms with Crippen LogP contribution in [-0.4, -0.2) is 15.8 Å². The van der Waals surface area contributed by atoms with Crippen LogP contribution in [0.5, 0.6) is 0 Å². The summed E-state index contributed by atoms with van der Waals surface area (Å²) < 4.78 is 1.83. The number of hydrogen-bond donors (Lipinski definition) is 1. The fourth-order valence-corrected chi connectivity index (χ4v) is 3.33. The molecule has 2 aromatic rings. The highest BCUT2D eigenvalue weighted by Crippen LogP contribution is 2.38. The SMILES string of the molecule is CCC(N)C(Sc1cnn(C)c1)c1cccc(C)c1. The zero-order valence-corrected chi connectivity index (χ0v) is 12.5. The van der Waals surface area contributed by atoms with Crippen molar-refractivity contribution in [3.8, 4) is 0 Å². The second kappa shape index (κ2) is 6.26. The Morgan fingerprint density at radius 1 is 1.42 bits per heavy atom. The van der Waals surface area contributed by atoms with Crippen molar-refractivity contribution in [1.29, 1.82) is 0 Å². The molecule has 0 radical (unpaired) electrons. The van der Waals surface area contributed by atoms with E-state index in [-0.39, 0.29) is 11.3 Å². The average molecular weight is 275 g/mol. The molecule has 2 unspecified atom stereocenters. The van der Waals surface area contributed by atoms with Crippen molar-refractivity contribution in [2.75, 3.05) is 0 Å². The minimum atomic E-state index is 0.145. The standard InChI is InChI=1S/C15H21N3S/c1-4-14(16)15(12-7-5-6-11(2)8-12)19-13-9-17-18(3)10-13/h5-10,14-15H,4,16H2,1-3H3. The van der Waals surface area contributed by atoms with Crippen LogP contribution in [-0.2, 0) is 7.05 Å². The summed E-state index contributed by atoms with van der Waals surface area (Å²) in [6, 6.07) is 8.75. The van der Waals surface area contributed by atoms with Crippen LogP contribution in [0, 0.1) is 6.92 Å². The Balaban J connectivity index is 2.25. The molecule has 2 atom stereocenters. The van der Waals surface area contributed by atoms with Gasteiger partial charge in [-0.25, -0.2) is 0 Å². The van der Waals surface area contributed by atoms with Gasteiger partial charge in [-0.05, 0) is 18.9 Å². The van der Waals surface area contributed by atoms with Gasteiger partial charge in [0, 0.05) is 29.4 Å². The largest absolute Gasteiger partial charge is 0.326 e. The molecule has 102 valence electrons. The lowest BCUT2D eigenvalue weighted by Crippen LogP contribution is -2.25. The molecule has 2 rings (SSSR count). The van der Waals surface area contributed by atoms with Crippen LogP contribution in [0.1, 0.15) is 29.7 Å². The smallest absolute Gasteiger partial charge is 0.0626 e. The van der Waals surface area contributed by atoms with E-state index in [2.05, 4.69) is 43.2 Å².